The highest BCUT2D eigenvalue weighted by molar-refractivity contribution is 5.81. The monoisotopic (exact) mass is 303 g/mol. The number of carbonyl (C=O) groups is 1. The first-order valence-electron chi connectivity index (χ1n) is 7.92. The van der Waals surface area contributed by atoms with Gasteiger partial charge in [0.25, 0.3) is 0 Å². The minimum atomic E-state index is -0.843. The highest BCUT2D eigenvalue weighted by Gasteiger charge is 2.17. The molecule has 0 heterocycles. The smallest absolute Gasteiger partial charge is 0.239 e. The highest BCUT2D eigenvalue weighted by atomic mass is 16.3. The molecule has 0 unspecified atom stereocenters. The second-order valence-corrected chi connectivity index (χ2v) is 5.26. The molecule has 7 nitrogen and oxygen atoms in total. The summed E-state index contributed by atoms with van der Waals surface area (Å²) in [5, 5.41) is 18.6. The van der Waals surface area contributed by atoms with Crippen molar-refractivity contribution in [1.82, 2.24) is 16.0 Å². The summed E-state index contributed by atoms with van der Waals surface area (Å²) in [6, 6.07) is -0.843. The molecule has 0 saturated heterocycles. The fourth-order valence-corrected chi connectivity index (χ4v) is 1.74. The van der Waals surface area contributed by atoms with E-state index in [1.165, 1.54) is 6.92 Å². The predicted molar refractivity (Wildman–Crippen MR) is 85.9 cm³/mol. The van der Waals surface area contributed by atoms with Crippen LogP contribution in [0.2, 0.25) is 0 Å². The van der Waals surface area contributed by atoms with Gasteiger partial charge in [-0.15, -0.1) is 0 Å². The maximum atomic E-state index is 11.4. The summed E-state index contributed by atoms with van der Waals surface area (Å²) in [6.07, 6.45) is 3.35. The Kier molecular flexibility index (Phi) is 13.7. The molecule has 21 heavy (non-hydrogen) atoms. The van der Waals surface area contributed by atoms with E-state index < -0.39 is 12.1 Å². The molecular formula is C14H33N5O2. The topological polar surface area (TPSA) is 125 Å². The molecule has 0 aromatic heterocycles. The van der Waals surface area contributed by atoms with Gasteiger partial charge in [-0.2, -0.15) is 0 Å². The quantitative estimate of drug-likeness (QED) is 0.217. The summed E-state index contributed by atoms with van der Waals surface area (Å²) in [4.78, 5) is 11.4. The number of nitrogens with two attached hydrogens (primary N) is 2. The Bertz CT molecular complexity index is 252. The zero-order valence-electron chi connectivity index (χ0n) is 13.2. The maximum absolute atomic E-state index is 11.4. The highest BCUT2D eigenvalue weighted by Crippen LogP contribution is 1.89. The van der Waals surface area contributed by atoms with Crippen molar-refractivity contribution in [3.63, 3.8) is 0 Å². The third-order valence-electron chi connectivity index (χ3n) is 3.17. The van der Waals surface area contributed by atoms with Crippen LogP contribution in [0.15, 0.2) is 0 Å². The third-order valence-corrected chi connectivity index (χ3v) is 3.17. The van der Waals surface area contributed by atoms with Gasteiger partial charge >= 0.3 is 0 Å². The summed E-state index contributed by atoms with van der Waals surface area (Å²) >= 11 is 0. The van der Waals surface area contributed by atoms with Crippen LogP contribution in [0.5, 0.6) is 0 Å². The lowest BCUT2D eigenvalue weighted by molar-refractivity contribution is -0.124. The molecule has 2 atom stereocenters. The lowest BCUT2D eigenvalue weighted by Gasteiger charge is -2.14. The normalized spacial score (nSPS) is 13.9. The summed E-state index contributed by atoms with van der Waals surface area (Å²) in [6.45, 7) is 6.72. The van der Waals surface area contributed by atoms with Crippen molar-refractivity contribution in [3.05, 3.63) is 0 Å². The molecule has 0 rings (SSSR count). The Morgan fingerprint density at radius 1 is 1.00 bits per heavy atom. The summed E-state index contributed by atoms with van der Waals surface area (Å²) < 4.78 is 0. The SMILES string of the molecule is C[C@H](O)[C@H](N)C(=O)NCCCNCCCCNCCCN. The van der Waals surface area contributed by atoms with Gasteiger partial charge in [-0.3, -0.25) is 4.79 Å². The van der Waals surface area contributed by atoms with Gasteiger partial charge in [0.05, 0.1) is 6.10 Å². The number of hydrogen-bond donors (Lipinski definition) is 6. The van der Waals surface area contributed by atoms with Crippen molar-refractivity contribution in [2.45, 2.75) is 44.8 Å². The molecule has 0 aromatic rings. The second kappa shape index (κ2) is 14.2. The van der Waals surface area contributed by atoms with Crippen LogP contribution in [-0.4, -0.2) is 62.4 Å². The number of hydrogen-bond acceptors (Lipinski definition) is 6. The van der Waals surface area contributed by atoms with Crippen LogP contribution < -0.4 is 27.4 Å². The molecule has 0 aromatic carbocycles. The fourth-order valence-electron chi connectivity index (χ4n) is 1.74. The van der Waals surface area contributed by atoms with E-state index in [2.05, 4.69) is 16.0 Å². The first-order valence-corrected chi connectivity index (χ1v) is 7.92. The van der Waals surface area contributed by atoms with E-state index in [0.29, 0.717) is 6.54 Å². The van der Waals surface area contributed by atoms with E-state index >= 15 is 0 Å². The molecule has 7 heteroatoms. The lowest BCUT2D eigenvalue weighted by Crippen LogP contribution is -2.47. The van der Waals surface area contributed by atoms with Crippen molar-refractivity contribution in [2.24, 2.45) is 11.5 Å². The zero-order valence-corrected chi connectivity index (χ0v) is 13.2. The molecule has 1 amide bonds. The molecule has 0 saturated carbocycles. The van der Waals surface area contributed by atoms with Crippen LogP contribution in [-0.2, 0) is 4.79 Å². The van der Waals surface area contributed by atoms with Crippen molar-refractivity contribution in [2.75, 3.05) is 39.3 Å². The average molecular weight is 303 g/mol. The van der Waals surface area contributed by atoms with Crippen LogP contribution in [0.1, 0.15) is 32.6 Å². The van der Waals surface area contributed by atoms with E-state index in [9.17, 15) is 9.90 Å². The summed E-state index contributed by atoms with van der Waals surface area (Å²) in [5.41, 5.74) is 10.9. The molecule has 0 radical (unpaired) electrons. The Morgan fingerprint density at radius 3 is 2.05 bits per heavy atom. The first kappa shape index (κ1) is 20.3. The number of amides is 1. The molecule has 0 fully saturated rings. The van der Waals surface area contributed by atoms with Gasteiger partial charge in [0.15, 0.2) is 0 Å². The van der Waals surface area contributed by atoms with Gasteiger partial charge < -0.3 is 32.5 Å². The fraction of sp³-hybridized carbons (Fsp3) is 0.929. The van der Waals surface area contributed by atoms with E-state index in [1.807, 2.05) is 0 Å². The molecule has 0 aliphatic heterocycles. The maximum Gasteiger partial charge on any atom is 0.239 e. The number of unbranched alkanes of at least 4 members (excludes halogenated alkanes) is 1. The Hall–Kier alpha value is -0.730. The first-order chi connectivity index (χ1) is 10.1. The van der Waals surface area contributed by atoms with Crippen LogP contribution in [0.25, 0.3) is 0 Å². The Labute approximate surface area is 128 Å². The van der Waals surface area contributed by atoms with Crippen molar-refractivity contribution < 1.29 is 9.90 Å². The van der Waals surface area contributed by atoms with Crippen LogP contribution in [0.4, 0.5) is 0 Å². The lowest BCUT2D eigenvalue weighted by atomic mass is 10.2. The van der Waals surface area contributed by atoms with Gasteiger partial charge in [-0.25, -0.2) is 0 Å². The minimum absolute atomic E-state index is 0.298. The molecule has 126 valence electrons. The number of aliphatic hydroxyl groups is 1. The van der Waals surface area contributed by atoms with Gasteiger partial charge in [-0.05, 0) is 65.3 Å². The Morgan fingerprint density at radius 2 is 1.52 bits per heavy atom. The number of aliphatic hydroxyl groups excluding tert-OH is 1. The van der Waals surface area contributed by atoms with E-state index in [-0.39, 0.29) is 5.91 Å². The molecule has 0 bridgehead atoms. The second-order valence-electron chi connectivity index (χ2n) is 5.26. The molecular weight excluding hydrogens is 270 g/mol. The third kappa shape index (κ3) is 12.7. The predicted octanol–water partition coefficient (Wildman–Crippen LogP) is -1.49. The standard InChI is InChI=1S/C14H33N5O2/c1-12(20)13(16)14(21)19-11-5-10-18-8-3-2-7-17-9-4-6-15/h12-13,17-18,20H,2-11,15-16H2,1H3,(H,19,21)/t12-,13-/m0/s1. The van der Waals surface area contributed by atoms with Crippen LogP contribution in [0.3, 0.4) is 0 Å². The Balaban J connectivity index is 3.21. The number of carbonyl (C=O) groups excluding carboxylic acids is 1. The van der Waals surface area contributed by atoms with Crippen LogP contribution in [0, 0.1) is 0 Å². The molecule has 8 N–H and O–H groups in total. The van der Waals surface area contributed by atoms with Crippen molar-refractivity contribution >= 4 is 5.91 Å². The van der Waals surface area contributed by atoms with Gasteiger partial charge in [0, 0.05) is 6.54 Å². The molecule has 0 aliphatic rings. The van der Waals surface area contributed by atoms with Gasteiger partial charge in [-0.1, -0.05) is 0 Å². The minimum Gasteiger partial charge on any atom is -0.391 e. The van der Waals surface area contributed by atoms with Crippen LogP contribution >= 0.6 is 0 Å². The van der Waals surface area contributed by atoms with Gasteiger partial charge in [0.2, 0.25) is 5.91 Å². The average Bonchev–Trinajstić information content (AvgIpc) is 2.47. The summed E-state index contributed by atoms with van der Waals surface area (Å²) in [7, 11) is 0. The molecule has 0 spiro atoms. The van der Waals surface area contributed by atoms with E-state index in [0.717, 1.165) is 58.4 Å². The largest absolute Gasteiger partial charge is 0.391 e. The number of nitrogens with one attached hydrogen (secondary N) is 3. The van der Waals surface area contributed by atoms with Gasteiger partial charge in [0.1, 0.15) is 6.04 Å². The van der Waals surface area contributed by atoms with E-state index in [1.54, 1.807) is 0 Å². The number of rotatable bonds is 14. The van der Waals surface area contributed by atoms with Crippen molar-refractivity contribution in [3.8, 4) is 0 Å². The molecule has 0 aliphatic carbocycles. The summed E-state index contributed by atoms with van der Waals surface area (Å²) in [5.74, 6) is -0.298. The zero-order chi connectivity index (χ0) is 15.9. The van der Waals surface area contributed by atoms with E-state index in [4.69, 9.17) is 11.5 Å². The van der Waals surface area contributed by atoms with Crippen molar-refractivity contribution in [1.29, 1.82) is 0 Å².